The Labute approximate surface area is 294 Å². The van der Waals surface area contributed by atoms with E-state index in [2.05, 4.69) is 34.8 Å². The number of ether oxygens (including phenoxy) is 2. The molecule has 1 aliphatic rings. The molecule has 4 amide bonds. The maximum atomic E-state index is 14.1. The van der Waals surface area contributed by atoms with Gasteiger partial charge in [0.05, 0.1) is 42.7 Å². The number of amides is 4. The van der Waals surface area contributed by atoms with Gasteiger partial charge >= 0.3 is 0 Å². The molecule has 3 N–H and O–H groups in total. The van der Waals surface area contributed by atoms with Crippen LogP contribution in [-0.4, -0.2) is 116 Å². The van der Waals surface area contributed by atoms with Crippen molar-refractivity contribution in [3.05, 3.63) is 30.1 Å². The summed E-state index contributed by atoms with van der Waals surface area (Å²) in [5, 5.41) is 9.06. The third kappa shape index (κ3) is 11.5. The van der Waals surface area contributed by atoms with E-state index in [1.54, 1.807) is 45.6 Å². The van der Waals surface area contributed by atoms with Crippen LogP contribution in [0.1, 0.15) is 79.7 Å². The second kappa shape index (κ2) is 20.6. The standard InChI is InChI=1S/C37H64N6O6/c1-12-25(6)33(42(9)37(47)32(24(4)5)41-36(46)31(38-8)23(2)3)29(48-10)21-30(44)43-20-14-16-28(43)34(49-11)26(7)35(45)40-19-17-27-15-13-18-39-22-27/h13,15,18,22-26,28-29,31-34,38H,12,14,16-17,19-21H2,1-11H3,(H,40,45)(H,41,46)/t25-,26+,28?,29+,31?,32?,33-,34+/m0/s1. The van der Waals surface area contributed by atoms with Crippen molar-refractivity contribution in [2.75, 3.05) is 41.4 Å². The summed E-state index contributed by atoms with van der Waals surface area (Å²) >= 11 is 0. The molecule has 0 aliphatic carbocycles. The number of carbonyl (C=O) groups is 4. The SMILES string of the molecule is CC[C@H](C)[C@@H]([C@@H](CC(=O)N1CCCC1[C@H](OC)[C@@H](C)C(=O)NCCc1cccnc1)OC)N(C)C(=O)C(NC(=O)C(NC)C(C)C)C(C)C. The smallest absolute Gasteiger partial charge is 0.245 e. The molecular weight excluding hydrogens is 624 g/mol. The predicted molar refractivity (Wildman–Crippen MR) is 192 cm³/mol. The highest BCUT2D eigenvalue weighted by Crippen LogP contribution is 2.29. The molecule has 1 aromatic heterocycles. The second-order valence-corrected chi connectivity index (χ2v) is 14.2. The van der Waals surface area contributed by atoms with Gasteiger partial charge < -0.3 is 35.2 Å². The van der Waals surface area contributed by atoms with Crippen LogP contribution in [0.4, 0.5) is 0 Å². The lowest BCUT2D eigenvalue weighted by molar-refractivity contribution is -0.147. The van der Waals surface area contributed by atoms with Crippen LogP contribution >= 0.6 is 0 Å². The Morgan fingerprint density at radius 1 is 1.02 bits per heavy atom. The summed E-state index contributed by atoms with van der Waals surface area (Å²) in [5.74, 6) is -1.25. The molecule has 12 nitrogen and oxygen atoms in total. The lowest BCUT2D eigenvalue weighted by Crippen LogP contribution is -2.59. The van der Waals surface area contributed by atoms with E-state index in [0.29, 0.717) is 19.5 Å². The van der Waals surface area contributed by atoms with Gasteiger partial charge in [0.15, 0.2) is 0 Å². The Morgan fingerprint density at radius 2 is 1.69 bits per heavy atom. The Hall–Kier alpha value is -3.09. The van der Waals surface area contributed by atoms with Crippen LogP contribution in [0, 0.1) is 23.7 Å². The number of likely N-dealkylation sites (N-methyl/N-ethyl adjacent to an activating group) is 2. The largest absolute Gasteiger partial charge is 0.379 e. The molecule has 0 bridgehead atoms. The second-order valence-electron chi connectivity index (χ2n) is 14.2. The van der Waals surface area contributed by atoms with Gasteiger partial charge in [0.25, 0.3) is 0 Å². The highest BCUT2D eigenvalue weighted by atomic mass is 16.5. The maximum Gasteiger partial charge on any atom is 0.245 e. The van der Waals surface area contributed by atoms with Crippen molar-refractivity contribution in [1.82, 2.24) is 30.7 Å². The van der Waals surface area contributed by atoms with Gasteiger partial charge in [0, 0.05) is 46.8 Å². The molecule has 0 saturated carbocycles. The van der Waals surface area contributed by atoms with Crippen molar-refractivity contribution in [2.45, 2.75) is 117 Å². The van der Waals surface area contributed by atoms with Crippen molar-refractivity contribution in [1.29, 1.82) is 0 Å². The summed E-state index contributed by atoms with van der Waals surface area (Å²) in [6.45, 7) is 14.7. The number of methoxy groups -OCH3 is 2. The summed E-state index contributed by atoms with van der Waals surface area (Å²) < 4.78 is 11.9. The monoisotopic (exact) mass is 688 g/mol. The van der Waals surface area contributed by atoms with Crippen LogP contribution in [0.3, 0.4) is 0 Å². The molecule has 49 heavy (non-hydrogen) atoms. The minimum Gasteiger partial charge on any atom is -0.379 e. The first-order valence-corrected chi connectivity index (χ1v) is 18.0. The molecule has 1 aromatic rings. The van der Waals surface area contributed by atoms with Crippen LogP contribution in [-0.2, 0) is 35.1 Å². The van der Waals surface area contributed by atoms with Crippen LogP contribution in [0.5, 0.6) is 0 Å². The number of nitrogens with zero attached hydrogens (tertiary/aromatic N) is 3. The van der Waals surface area contributed by atoms with Crippen molar-refractivity contribution >= 4 is 23.6 Å². The van der Waals surface area contributed by atoms with Gasteiger partial charge in [-0.15, -0.1) is 0 Å². The first-order valence-electron chi connectivity index (χ1n) is 18.0. The van der Waals surface area contributed by atoms with E-state index in [9.17, 15) is 19.2 Å². The normalized spacial score (nSPS) is 19.1. The van der Waals surface area contributed by atoms with Gasteiger partial charge in [-0.05, 0) is 55.7 Å². The molecule has 1 aliphatic heterocycles. The number of pyridine rings is 1. The molecule has 1 fully saturated rings. The summed E-state index contributed by atoms with van der Waals surface area (Å²) in [6.07, 6.45) is 5.46. The molecule has 0 aromatic carbocycles. The molecule has 12 heteroatoms. The third-order valence-corrected chi connectivity index (χ3v) is 10.2. The van der Waals surface area contributed by atoms with Crippen molar-refractivity contribution in [3.63, 3.8) is 0 Å². The number of carbonyl (C=O) groups excluding carboxylic acids is 4. The zero-order valence-corrected chi connectivity index (χ0v) is 31.8. The van der Waals surface area contributed by atoms with Gasteiger partial charge in [-0.25, -0.2) is 0 Å². The number of nitrogens with one attached hydrogen (secondary N) is 3. The highest BCUT2D eigenvalue weighted by molar-refractivity contribution is 5.90. The molecule has 1 saturated heterocycles. The molecule has 3 unspecified atom stereocenters. The lowest BCUT2D eigenvalue weighted by Gasteiger charge is -2.41. The van der Waals surface area contributed by atoms with Crippen LogP contribution in [0.2, 0.25) is 0 Å². The van der Waals surface area contributed by atoms with Crippen LogP contribution < -0.4 is 16.0 Å². The summed E-state index contributed by atoms with van der Waals surface area (Å²) in [5.41, 5.74) is 1.04. The van der Waals surface area contributed by atoms with Crippen molar-refractivity contribution in [2.24, 2.45) is 23.7 Å². The molecule has 2 rings (SSSR count). The fourth-order valence-electron chi connectivity index (χ4n) is 7.09. The number of aromatic nitrogens is 1. The van der Waals surface area contributed by atoms with Gasteiger partial charge in [-0.1, -0.05) is 61.0 Å². The van der Waals surface area contributed by atoms with Gasteiger partial charge in [0.2, 0.25) is 23.6 Å². The lowest BCUT2D eigenvalue weighted by atomic mass is 9.89. The Bertz CT molecular complexity index is 1180. The van der Waals surface area contributed by atoms with E-state index in [1.807, 2.05) is 51.7 Å². The minimum atomic E-state index is -0.741. The van der Waals surface area contributed by atoms with E-state index in [-0.39, 0.29) is 53.8 Å². The minimum absolute atomic E-state index is 0.00687. The first kappa shape index (κ1) is 42.1. The molecule has 278 valence electrons. The fourth-order valence-corrected chi connectivity index (χ4v) is 7.09. The number of rotatable bonds is 20. The van der Waals surface area contributed by atoms with Crippen molar-refractivity contribution in [3.8, 4) is 0 Å². The number of hydrogen-bond acceptors (Lipinski definition) is 8. The topological polar surface area (TPSA) is 142 Å². The molecule has 0 radical (unpaired) electrons. The first-order chi connectivity index (χ1) is 23.2. The number of hydrogen-bond donors (Lipinski definition) is 3. The third-order valence-electron chi connectivity index (χ3n) is 10.2. The zero-order chi connectivity index (χ0) is 36.8. The summed E-state index contributed by atoms with van der Waals surface area (Å²) in [6, 6.07) is 1.99. The Balaban J connectivity index is 2.20. The predicted octanol–water partition coefficient (Wildman–Crippen LogP) is 3.05. The zero-order valence-electron chi connectivity index (χ0n) is 31.8. The molecule has 2 heterocycles. The maximum absolute atomic E-state index is 14.1. The Morgan fingerprint density at radius 3 is 2.22 bits per heavy atom. The average molecular weight is 689 g/mol. The van der Waals surface area contributed by atoms with E-state index in [0.717, 1.165) is 24.8 Å². The average Bonchev–Trinajstić information content (AvgIpc) is 3.56. The quantitative estimate of drug-likeness (QED) is 0.190. The highest BCUT2D eigenvalue weighted by Gasteiger charge is 2.43. The van der Waals surface area contributed by atoms with Crippen LogP contribution in [0.15, 0.2) is 24.5 Å². The van der Waals surface area contributed by atoms with Gasteiger partial charge in [0.1, 0.15) is 6.04 Å². The van der Waals surface area contributed by atoms with Crippen molar-refractivity contribution < 1.29 is 28.7 Å². The van der Waals surface area contributed by atoms with E-state index in [4.69, 9.17) is 9.47 Å². The van der Waals surface area contributed by atoms with Gasteiger partial charge in [-0.2, -0.15) is 0 Å². The van der Waals surface area contributed by atoms with E-state index >= 15 is 0 Å². The van der Waals surface area contributed by atoms with Gasteiger partial charge in [-0.3, -0.25) is 24.2 Å². The molecular formula is C37H64N6O6. The van der Waals surface area contributed by atoms with E-state index < -0.39 is 36.3 Å². The fraction of sp³-hybridized carbons (Fsp3) is 0.757. The summed E-state index contributed by atoms with van der Waals surface area (Å²) in [4.78, 5) is 62.1. The van der Waals surface area contributed by atoms with E-state index in [1.165, 1.54) is 0 Å². The number of likely N-dealkylation sites (tertiary alicyclic amines) is 1. The summed E-state index contributed by atoms with van der Waals surface area (Å²) in [7, 11) is 6.64. The Kier molecular flexibility index (Phi) is 17.6. The molecule has 0 spiro atoms. The van der Waals surface area contributed by atoms with Crippen LogP contribution in [0.25, 0.3) is 0 Å². The molecule has 8 atom stereocenters.